The van der Waals surface area contributed by atoms with Gasteiger partial charge < -0.3 is 14.7 Å². The summed E-state index contributed by atoms with van der Waals surface area (Å²) in [6.07, 6.45) is -0.125. The summed E-state index contributed by atoms with van der Waals surface area (Å²) in [5, 5.41) is 9.42. The Kier molecular flexibility index (Phi) is 5.01. The molecular formula is C13H13BrClNO4. The quantitative estimate of drug-likeness (QED) is 0.897. The maximum atomic E-state index is 12.5. The van der Waals surface area contributed by atoms with E-state index >= 15 is 0 Å². The van der Waals surface area contributed by atoms with E-state index < -0.39 is 12.0 Å². The van der Waals surface area contributed by atoms with Crippen molar-refractivity contribution in [2.75, 3.05) is 19.8 Å². The van der Waals surface area contributed by atoms with Gasteiger partial charge in [0.25, 0.3) is 5.91 Å². The number of hydrogen-bond donors (Lipinski definition) is 1. The van der Waals surface area contributed by atoms with Crippen molar-refractivity contribution in [3.05, 3.63) is 33.3 Å². The number of benzene rings is 1. The van der Waals surface area contributed by atoms with Crippen LogP contribution in [0, 0.1) is 0 Å². The first kappa shape index (κ1) is 15.3. The fraction of sp³-hybridized carbons (Fsp3) is 0.385. The number of aliphatic carboxylic acids is 1. The number of rotatable bonds is 3. The minimum atomic E-state index is -0.949. The molecule has 108 valence electrons. The van der Waals surface area contributed by atoms with Crippen LogP contribution in [0.4, 0.5) is 0 Å². The largest absolute Gasteiger partial charge is 0.481 e. The molecule has 5 nitrogen and oxygen atoms in total. The average Bonchev–Trinajstić information content (AvgIpc) is 2.41. The predicted molar refractivity (Wildman–Crippen MR) is 77.0 cm³/mol. The van der Waals surface area contributed by atoms with Gasteiger partial charge in [0.1, 0.15) is 0 Å². The molecule has 0 bridgehead atoms. The summed E-state index contributed by atoms with van der Waals surface area (Å²) in [5.41, 5.74) is 0.471. The summed E-state index contributed by atoms with van der Waals surface area (Å²) in [6.45, 7) is 1.04. The van der Waals surface area contributed by atoms with E-state index in [2.05, 4.69) is 15.9 Å². The van der Waals surface area contributed by atoms with Crippen molar-refractivity contribution in [3.63, 3.8) is 0 Å². The van der Waals surface area contributed by atoms with E-state index in [0.717, 1.165) is 0 Å². The number of halogens is 2. The Hall–Kier alpha value is -1.11. The van der Waals surface area contributed by atoms with Gasteiger partial charge in [-0.3, -0.25) is 9.59 Å². The third-order valence-electron chi connectivity index (χ3n) is 3.07. The summed E-state index contributed by atoms with van der Waals surface area (Å²) in [5.74, 6) is -1.16. The number of morpholine rings is 1. The maximum Gasteiger partial charge on any atom is 0.305 e. The molecule has 1 fully saturated rings. The van der Waals surface area contributed by atoms with Gasteiger partial charge in [0.2, 0.25) is 0 Å². The van der Waals surface area contributed by atoms with E-state index in [1.807, 2.05) is 0 Å². The number of nitrogens with zero attached hydrogens (tertiary/aromatic N) is 1. The number of hydrogen-bond acceptors (Lipinski definition) is 3. The molecule has 0 saturated carbocycles. The Labute approximate surface area is 129 Å². The highest BCUT2D eigenvalue weighted by Crippen LogP contribution is 2.25. The topological polar surface area (TPSA) is 66.8 Å². The minimum Gasteiger partial charge on any atom is -0.481 e. The molecule has 0 aliphatic carbocycles. The van der Waals surface area contributed by atoms with Crippen LogP contribution in [0.25, 0.3) is 0 Å². The van der Waals surface area contributed by atoms with Crippen molar-refractivity contribution in [1.29, 1.82) is 0 Å². The normalized spacial score (nSPS) is 18.9. The van der Waals surface area contributed by atoms with Crippen molar-refractivity contribution in [1.82, 2.24) is 4.90 Å². The molecular weight excluding hydrogens is 350 g/mol. The van der Waals surface area contributed by atoms with Gasteiger partial charge in [-0.1, -0.05) is 11.6 Å². The summed E-state index contributed by atoms with van der Waals surface area (Å²) >= 11 is 9.17. The lowest BCUT2D eigenvalue weighted by molar-refractivity contribution is -0.139. The van der Waals surface area contributed by atoms with Crippen LogP contribution in [0.3, 0.4) is 0 Å². The summed E-state index contributed by atoms with van der Waals surface area (Å²) < 4.78 is 5.89. The third kappa shape index (κ3) is 3.50. The number of carboxylic acids is 1. The van der Waals surface area contributed by atoms with Crippen LogP contribution in [0.1, 0.15) is 16.8 Å². The van der Waals surface area contributed by atoms with Crippen molar-refractivity contribution in [3.8, 4) is 0 Å². The molecule has 1 saturated heterocycles. The Morgan fingerprint density at radius 1 is 1.50 bits per heavy atom. The third-order valence-corrected chi connectivity index (χ3v) is 4.28. The van der Waals surface area contributed by atoms with Crippen molar-refractivity contribution in [2.24, 2.45) is 0 Å². The lowest BCUT2D eigenvalue weighted by Gasteiger charge is -2.34. The first-order valence-corrected chi connectivity index (χ1v) is 7.21. The van der Waals surface area contributed by atoms with E-state index in [4.69, 9.17) is 21.4 Å². The van der Waals surface area contributed by atoms with E-state index in [9.17, 15) is 9.59 Å². The number of amides is 1. The molecule has 1 aromatic rings. The molecule has 2 rings (SSSR count). The van der Waals surface area contributed by atoms with Crippen LogP contribution < -0.4 is 0 Å². The van der Waals surface area contributed by atoms with Gasteiger partial charge in [-0.15, -0.1) is 0 Å². The van der Waals surface area contributed by atoms with E-state index in [-0.39, 0.29) is 18.9 Å². The van der Waals surface area contributed by atoms with E-state index in [1.54, 1.807) is 23.1 Å². The van der Waals surface area contributed by atoms with Crippen LogP contribution in [-0.2, 0) is 9.53 Å². The first-order chi connectivity index (χ1) is 9.49. The molecule has 0 radical (unpaired) electrons. The zero-order valence-corrected chi connectivity index (χ0v) is 12.9. The van der Waals surface area contributed by atoms with Crippen LogP contribution >= 0.6 is 27.5 Å². The first-order valence-electron chi connectivity index (χ1n) is 6.04. The number of carbonyl (C=O) groups is 2. The molecule has 1 heterocycles. The van der Waals surface area contributed by atoms with Gasteiger partial charge in [-0.25, -0.2) is 0 Å². The van der Waals surface area contributed by atoms with Crippen molar-refractivity contribution in [2.45, 2.75) is 12.5 Å². The lowest BCUT2D eigenvalue weighted by atomic mass is 10.1. The van der Waals surface area contributed by atoms with Gasteiger partial charge in [0, 0.05) is 16.6 Å². The molecule has 1 N–H and O–H groups in total. The standard InChI is InChI=1S/C13H13BrClNO4/c14-10-5-8(1-2-11(10)15)13(19)16-3-4-20-7-9(16)6-12(17)18/h1-2,5,9H,3-4,6-7H2,(H,17,18). The maximum absolute atomic E-state index is 12.5. The van der Waals surface area contributed by atoms with Gasteiger partial charge >= 0.3 is 5.97 Å². The van der Waals surface area contributed by atoms with E-state index in [1.165, 1.54) is 0 Å². The second kappa shape index (κ2) is 6.56. The zero-order valence-electron chi connectivity index (χ0n) is 10.5. The van der Waals surface area contributed by atoms with E-state index in [0.29, 0.717) is 28.2 Å². The van der Waals surface area contributed by atoms with Gasteiger partial charge in [-0.2, -0.15) is 0 Å². The number of carboxylic acid groups (broad SMARTS) is 1. The van der Waals surface area contributed by atoms with Crippen molar-refractivity contribution < 1.29 is 19.4 Å². The highest BCUT2D eigenvalue weighted by atomic mass is 79.9. The zero-order chi connectivity index (χ0) is 14.7. The van der Waals surface area contributed by atoms with Crippen LogP contribution in [0.15, 0.2) is 22.7 Å². The summed E-state index contributed by atoms with van der Waals surface area (Å²) in [7, 11) is 0. The molecule has 1 aliphatic heterocycles. The highest BCUT2D eigenvalue weighted by molar-refractivity contribution is 9.10. The van der Waals surface area contributed by atoms with Crippen molar-refractivity contribution >= 4 is 39.4 Å². The van der Waals surface area contributed by atoms with Gasteiger partial charge in [0.15, 0.2) is 0 Å². The number of carbonyl (C=O) groups excluding carboxylic acids is 1. The highest BCUT2D eigenvalue weighted by Gasteiger charge is 2.29. The molecule has 1 aliphatic rings. The Morgan fingerprint density at radius 3 is 2.90 bits per heavy atom. The molecule has 7 heteroatoms. The number of ether oxygens (including phenoxy) is 1. The second-order valence-corrected chi connectivity index (χ2v) is 5.72. The van der Waals surface area contributed by atoms with Crippen LogP contribution in [0.2, 0.25) is 5.02 Å². The van der Waals surface area contributed by atoms with Crippen LogP contribution in [-0.4, -0.2) is 47.7 Å². The molecule has 1 aromatic carbocycles. The minimum absolute atomic E-state index is 0.125. The average molecular weight is 363 g/mol. The van der Waals surface area contributed by atoms with Gasteiger partial charge in [-0.05, 0) is 34.1 Å². The predicted octanol–water partition coefficient (Wildman–Crippen LogP) is 2.42. The molecule has 1 unspecified atom stereocenters. The molecule has 20 heavy (non-hydrogen) atoms. The molecule has 0 aromatic heterocycles. The summed E-state index contributed by atoms with van der Waals surface area (Å²) in [6, 6.07) is 4.45. The van der Waals surface area contributed by atoms with Gasteiger partial charge in [0.05, 0.1) is 30.7 Å². The Balaban J connectivity index is 2.20. The SMILES string of the molecule is O=C(O)CC1COCCN1C(=O)c1ccc(Cl)c(Br)c1. The lowest BCUT2D eigenvalue weighted by Crippen LogP contribution is -2.49. The summed E-state index contributed by atoms with van der Waals surface area (Å²) in [4.78, 5) is 24.9. The second-order valence-electron chi connectivity index (χ2n) is 4.45. The molecule has 0 spiro atoms. The fourth-order valence-corrected chi connectivity index (χ4v) is 2.58. The molecule has 1 amide bonds. The van der Waals surface area contributed by atoms with Crippen LogP contribution in [0.5, 0.6) is 0 Å². The monoisotopic (exact) mass is 361 g/mol. The molecule has 1 atom stereocenters. The fourth-order valence-electron chi connectivity index (χ4n) is 2.09. The Bertz CT molecular complexity index is 537. The Morgan fingerprint density at radius 2 is 2.25 bits per heavy atom. The smallest absolute Gasteiger partial charge is 0.305 e.